The van der Waals surface area contributed by atoms with Crippen LogP contribution in [0.3, 0.4) is 0 Å². The summed E-state index contributed by atoms with van der Waals surface area (Å²) in [7, 11) is -1.66. The molecule has 6 heteroatoms. The van der Waals surface area contributed by atoms with E-state index in [4.69, 9.17) is 5.73 Å². The molecule has 0 aromatic carbocycles. The van der Waals surface area contributed by atoms with E-state index in [0.29, 0.717) is 32.1 Å². The Labute approximate surface area is 105 Å². The van der Waals surface area contributed by atoms with Crippen LogP contribution in [0.4, 0.5) is 0 Å². The molecule has 0 spiro atoms. The minimum Gasteiger partial charge on any atom is -0.330 e. The first kappa shape index (κ1) is 14.9. The molecule has 1 heterocycles. The minimum atomic E-state index is -3.30. The maximum absolute atomic E-state index is 12.3. The number of hydrogen-bond acceptors (Lipinski definition) is 3. The van der Waals surface area contributed by atoms with Crippen LogP contribution in [0, 0.1) is 11.3 Å². The topological polar surface area (TPSA) is 66.6 Å². The third-order valence-electron chi connectivity index (χ3n) is 3.36. The van der Waals surface area contributed by atoms with E-state index in [2.05, 4.69) is 0 Å². The van der Waals surface area contributed by atoms with Gasteiger partial charge in [0.05, 0.1) is 0 Å². The Bertz CT molecular complexity index is 356. The van der Waals surface area contributed by atoms with Crippen LogP contribution in [-0.4, -0.2) is 50.3 Å². The minimum absolute atomic E-state index is 0.0637. The van der Waals surface area contributed by atoms with E-state index in [1.165, 1.54) is 4.31 Å². The lowest BCUT2D eigenvalue weighted by atomic mass is 9.90. The molecule has 1 atom stereocenters. The monoisotopic (exact) mass is 263 g/mol. The molecule has 1 unspecified atom stereocenters. The van der Waals surface area contributed by atoms with Gasteiger partial charge in [-0.1, -0.05) is 20.8 Å². The Morgan fingerprint density at radius 1 is 1.47 bits per heavy atom. The maximum atomic E-state index is 12.3. The lowest BCUT2D eigenvalue weighted by Crippen LogP contribution is -2.43. The summed E-state index contributed by atoms with van der Waals surface area (Å²) in [4.78, 5) is 0. The fraction of sp³-hybridized carbons (Fsp3) is 1.00. The molecule has 1 aliphatic heterocycles. The molecular weight excluding hydrogens is 238 g/mol. The Balaban J connectivity index is 2.73. The van der Waals surface area contributed by atoms with E-state index in [1.807, 2.05) is 20.8 Å². The Hall–Kier alpha value is -0.170. The van der Waals surface area contributed by atoms with Crippen molar-refractivity contribution in [2.45, 2.75) is 27.2 Å². The number of nitrogens with two attached hydrogens (primary N) is 1. The molecule has 0 aromatic rings. The molecular formula is C11H25N3O2S. The van der Waals surface area contributed by atoms with Gasteiger partial charge in [0.1, 0.15) is 0 Å². The van der Waals surface area contributed by atoms with Crippen LogP contribution >= 0.6 is 0 Å². The summed E-state index contributed by atoms with van der Waals surface area (Å²) in [5.41, 5.74) is 5.63. The van der Waals surface area contributed by atoms with Crippen molar-refractivity contribution < 1.29 is 8.42 Å². The quantitative estimate of drug-likeness (QED) is 0.785. The van der Waals surface area contributed by atoms with Gasteiger partial charge in [-0.3, -0.25) is 0 Å². The number of nitrogens with zero attached hydrogens (tertiary/aromatic N) is 2. The van der Waals surface area contributed by atoms with Crippen molar-refractivity contribution >= 4 is 10.2 Å². The van der Waals surface area contributed by atoms with E-state index < -0.39 is 10.2 Å². The molecule has 0 aliphatic carbocycles. The van der Waals surface area contributed by atoms with Gasteiger partial charge in [-0.15, -0.1) is 0 Å². The molecule has 1 fully saturated rings. The van der Waals surface area contributed by atoms with Gasteiger partial charge < -0.3 is 5.73 Å². The van der Waals surface area contributed by atoms with Crippen molar-refractivity contribution in [2.75, 3.05) is 33.2 Å². The molecule has 2 N–H and O–H groups in total. The lowest BCUT2D eigenvalue weighted by Gasteiger charge is -2.27. The van der Waals surface area contributed by atoms with Crippen LogP contribution < -0.4 is 5.73 Å². The average Bonchev–Trinajstić information content (AvgIpc) is 2.61. The molecule has 102 valence electrons. The van der Waals surface area contributed by atoms with E-state index in [-0.39, 0.29) is 5.41 Å². The van der Waals surface area contributed by atoms with E-state index in [1.54, 1.807) is 11.4 Å². The first-order valence-electron chi connectivity index (χ1n) is 6.13. The van der Waals surface area contributed by atoms with E-state index in [0.717, 1.165) is 6.42 Å². The summed E-state index contributed by atoms with van der Waals surface area (Å²) < 4.78 is 27.6. The first-order chi connectivity index (χ1) is 7.71. The smallest absolute Gasteiger partial charge is 0.281 e. The second kappa shape index (κ2) is 5.22. The van der Waals surface area contributed by atoms with Crippen molar-refractivity contribution in [2.24, 2.45) is 17.1 Å². The zero-order valence-electron chi connectivity index (χ0n) is 11.3. The van der Waals surface area contributed by atoms with Crippen molar-refractivity contribution in [3.8, 4) is 0 Å². The predicted octanol–water partition coefficient (Wildman–Crippen LogP) is 0.490. The van der Waals surface area contributed by atoms with E-state index >= 15 is 0 Å². The summed E-state index contributed by atoms with van der Waals surface area (Å²) in [6.07, 6.45) is 0.845. The standard InChI is InChI=1S/C11H25N3O2S/c1-10(2)7-13(4)17(15,16)14-6-5-11(3,8-12)9-14/h10H,5-9,12H2,1-4H3. The van der Waals surface area contributed by atoms with Crippen LogP contribution in [0.5, 0.6) is 0 Å². The highest BCUT2D eigenvalue weighted by molar-refractivity contribution is 7.86. The fourth-order valence-electron chi connectivity index (χ4n) is 2.15. The Morgan fingerprint density at radius 3 is 2.47 bits per heavy atom. The molecule has 17 heavy (non-hydrogen) atoms. The van der Waals surface area contributed by atoms with Gasteiger partial charge >= 0.3 is 0 Å². The second-order valence-electron chi connectivity index (χ2n) is 5.78. The van der Waals surface area contributed by atoms with Crippen LogP contribution in [0.2, 0.25) is 0 Å². The highest BCUT2D eigenvalue weighted by atomic mass is 32.2. The van der Waals surface area contributed by atoms with Crippen molar-refractivity contribution in [3.05, 3.63) is 0 Å². The predicted molar refractivity (Wildman–Crippen MR) is 69.7 cm³/mol. The normalized spacial score (nSPS) is 27.2. The third-order valence-corrected chi connectivity index (χ3v) is 5.26. The summed E-state index contributed by atoms with van der Waals surface area (Å²) in [6, 6.07) is 0. The van der Waals surface area contributed by atoms with Crippen LogP contribution in [-0.2, 0) is 10.2 Å². The summed E-state index contributed by atoms with van der Waals surface area (Å²) in [6.45, 7) is 8.28. The van der Waals surface area contributed by atoms with Crippen LogP contribution in [0.15, 0.2) is 0 Å². The third kappa shape index (κ3) is 3.40. The molecule has 1 aliphatic rings. The molecule has 0 radical (unpaired) electrons. The molecule has 0 bridgehead atoms. The summed E-state index contributed by atoms with van der Waals surface area (Å²) in [5, 5.41) is 0. The van der Waals surface area contributed by atoms with Crippen molar-refractivity contribution in [1.82, 2.24) is 8.61 Å². The molecule has 0 saturated carbocycles. The van der Waals surface area contributed by atoms with Gasteiger partial charge in [-0.2, -0.15) is 17.0 Å². The number of rotatable bonds is 5. The van der Waals surface area contributed by atoms with Crippen LogP contribution in [0.1, 0.15) is 27.2 Å². The maximum Gasteiger partial charge on any atom is 0.281 e. The van der Waals surface area contributed by atoms with E-state index in [9.17, 15) is 8.42 Å². The van der Waals surface area contributed by atoms with Crippen molar-refractivity contribution in [1.29, 1.82) is 0 Å². The number of hydrogen-bond donors (Lipinski definition) is 1. The molecule has 1 rings (SSSR count). The highest BCUT2D eigenvalue weighted by Crippen LogP contribution is 2.31. The SMILES string of the molecule is CC(C)CN(C)S(=O)(=O)N1CCC(C)(CN)C1. The zero-order valence-corrected chi connectivity index (χ0v) is 12.1. The second-order valence-corrected chi connectivity index (χ2v) is 7.82. The van der Waals surface area contributed by atoms with Gasteiger partial charge in [-0.25, -0.2) is 0 Å². The summed E-state index contributed by atoms with van der Waals surface area (Å²) >= 11 is 0. The van der Waals surface area contributed by atoms with Gasteiger partial charge in [-0.05, 0) is 24.3 Å². The largest absolute Gasteiger partial charge is 0.330 e. The summed E-state index contributed by atoms with van der Waals surface area (Å²) in [5.74, 6) is 0.332. The van der Waals surface area contributed by atoms with Gasteiger partial charge in [0.2, 0.25) is 0 Å². The fourth-order valence-corrected chi connectivity index (χ4v) is 3.83. The van der Waals surface area contributed by atoms with Gasteiger partial charge in [0.15, 0.2) is 0 Å². The average molecular weight is 263 g/mol. The lowest BCUT2D eigenvalue weighted by molar-refractivity contribution is 0.328. The molecule has 1 saturated heterocycles. The molecule has 5 nitrogen and oxygen atoms in total. The zero-order chi connectivity index (χ0) is 13.3. The first-order valence-corrected chi connectivity index (χ1v) is 7.52. The molecule has 0 amide bonds. The van der Waals surface area contributed by atoms with Crippen molar-refractivity contribution in [3.63, 3.8) is 0 Å². The van der Waals surface area contributed by atoms with Gasteiger partial charge in [0.25, 0.3) is 10.2 Å². The van der Waals surface area contributed by atoms with Crippen LogP contribution in [0.25, 0.3) is 0 Å². The Kier molecular flexibility index (Phi) is 4.57. The van der Waals surface area contributed by atoms with Gasteiger partial charge in [0, 0.05) is 26.7 Å². The highest BCUT2D eigenvalue weighted by Gasteiger charge is 2.39. The Morgan fingerprint density at radius 2 is 2.06 bits per heavy atom. The molecule has 0 aromatic heterocycles.